The number of nitrogens with two attached hydrogens (primary N) is 1. The predicted octanol–water partition coefficient (Wildman–Crippen LogP) is 4.57. The predicted molar refractivity (Wildman–Crippen MR) is 88.2 cm³/mol. The monoisotopic (exact) mass is 322 g/mol. The van der Waals surface area contributed by atoms with Crippen LogP contribution in [-0.2, 0) is 0 Å². The van der Waals surface area contributed by atoms with Gasteiger partial charge in [-0.25, -0.2) is 0 Å². The molecule has 21 heavy (non-hydrogen) atoms. The third kappa shape index (κ3) is 3.69. The molecule has 0 saturated carbocycles. The highest BCUT2D eigenvalue weighted by Crippen LogP contribution is 2.29. The molecule has 2 rings (SSSR count). The summed E-state index contributed by atoms with van der Waals surface area (Å²) in [6, 6.07) is 10.7. The number of hydrogen-bond donors (Lipinski definition) is 2. The SMILES string of the molecule is Cc1cc(C(N)=O)ccc1NC(C)c1ccc(Cl)cc1Cl. The van der Waals surface area contributed by atoms with E-state index in [2.05, 4.69) is 5.32 Å². The highest BCUT2D eigenvalue weighted by molar-refractivity contribution is 6.35. The third-order valence-electron chi connectivity index (χ3n) is 3.31. The third-order valence-corrected chi connectivity index (χ3v) is 3.87. The van der Waals surface area contributed by atoms with E-state index in [1.807, 2.05) is 32.0 Å². The van der Waals surface area contributed by atoms with Crippen molar-refractivity contribution in [1.29, 1.82) is 0 Å². The first kappa shape index (κ1) is 15.7. The first-order valence-corrected chi connectivity index (χ1v) is 7.26. The van der Waals surface area contributed by atoms with E-state index in [0.717, 1.165) is 16.8 Å². The standard InChI is InChI=1S/C16H16Cl2N2O/c1-9-7-11(16(19)21)3-6-15(9)20-10(2)13-5-4-12(17)8-14(13)18/h3-8,10,20H,1-2H3,(H2,19,21). The number of primary amides is 1. The van der Waals surface area contributed by atoms with Gasteiger partial charge < -0.3 is 11.1 Å². The summed E-state index contributed by atoms with van der Waals surface area (Å²) in [5.74, 6) is -0.432. The Morgan fingerprint density at radius 1 is 1.19 bits per heavy atom. The lowest BCUT2D eigenvalue weighted by atomic mass is 10.1. The minimum absolute atomic E-state index is 0.00731. The number of anilines is 1. The van der Waals surface area contributed by atoms with Gasteiger partial charge in [0.05, 0.1) is 6.04 Å². The average molecular weight is 323 g/mol. The Bertz CT molecular complexity index is 686. The number of halogens is 2. The summed E-state index contributed by atoms with van der Waals surface area (Å²) in [6.45, 7) is 3.93. The molecule has 1 amide bonds. The van der Waals surface area contributed by atoms with Crippen LogP contribution in [0.5, 0.6) is 0 Å². The van der Waals surface area contributed by atoms with E-state index in [1.165, 1.54) is 0 Å². The maximum atomic E-state index is 11.2. The Morgan fingerprint density at radius 3 is 2.48 bits per heavy atom. The topological polar surface area (TPSA) is 55.1 Å². The van der Waals surface area contributed by atoms with Crippen molar-refractivity contribution in [2.45, 2.75) is 19.9 Å². The second kappa shape index (κ2) is 6.37. The van der Waals surface area contributed by atoms with Gasteiger partial charge in [-0.15, -0.1) is 0 Å². The van der Waals surface area contributed by atoms with Crippen LogP contribution in [0.4, 0.5) is 5.69 Å². The van der Waals surface area contributed by atoms with Gasteiger partial charge in [0, 0.05) is 21.3 Å². The van der Waals surface area contributed by atoms with Crippen LogP contribution in [0.15, 0.2) is 36.4 Å². The van der Waals surface area contributed by atoms with Gasteiger partial charge in [-0.3, -0.25) is 4.79 Å². The summed E-state index contributed by atoms with van der Waals surface area (Å²) in [5.41, 5.74) is 8.60. The molecule has 0 aromatic heterocycles. The lowest BCUT2D eigenvalue weighted by molar-refractivity contribution is 0.1000. The van der Waals surface area contributed by atoms with Crippen molar-refractivity contribution in [2.75, 3.05) is 5.32 Å². The molecule has 0 aliphatic carbocycles. The van der Waals surface area contributed by atoms with Crippen LogP contribution >= 0.6 is 23.2 Å². The van der Waals surface area contributed by atoms with Gasteiger partial charge in [-0.1, -0.05) is 29.3 Å². The summed E-state index contributed by atoms with van der Waals surface area (Å²) < 4.78 is 0. The zero-order valence-electron chi connectivity index (χ0n) is 11.8. The number of amides is 1. The van der Waals surface area contributed by atoms with Gasteiger partial charge in [0.25, 0.3) is 0 Å². The van der Waals surface area contributed by atoms with Gasteiger partial charge in [0.2, 0.25) is 5.91 Å². The fourth-order valence-corrected chi connectivity index (χ4v) is 2.71. The van der Waals surface area contributed by atoms with Crippen molar-refractivity contribution in [2.24, 2.45) is 5.73 Å². The van der Waals surface area contributed by atoms with E-state index >= 15 is 0 Å². The molecule has 5 heteroatoms. The maximum Gasteiger partial charge on any atom is 0.248 e. The van der Waals surface area contributed by atoms with Crippen LogP contribution in [0.3, 0.4) is 0 Å². The summed E-state index contributed by atoms with van der Waals surface area (Å²) >= 11 is 12.1. The lowest BCUT2D eigenvalue weighted by Gasteiger charge is -2.19. The fourth-order valence-electron chi connectivity index (χ4n) is 2.14. The normalized spacial score (nSPS) is 12.0. The molecule has 0 spiro atoms. The molecular formula is C16H16Cl2N2O. The summed E-state index contributed by atoms with van der Waals surface area (Å²) in [6.07, 6.45) is 0. The van der Waals surface area contributed by atoms with Crippen molar-refractivity contribution in [3.8, 4) is 0 Å². The second-order valence-corrected chi connectivity index (χ2v) is 5.77. The van der Waals surface area contributed by atoms with Gasteiger partial charge >= 0.3 is 0 Å². The number of aryl methyl sites for hydroxylation is 1. The van der Waals surface area contributed by atoms with E-state index in [4.69, 9.17) is 28.9 Å². The highest BCUT2D eigenvalue weighted by atomic mass is 35.5. The van der Waals surface area contributed by atoms with Crippen LogP contribution in [-0.4, -0.2) is 5.91 Å². The van der Waals surface area contributed by atoms with Gasteiger partial charge in [-0.2, -0.15) is 0 Å². The second-order valence-electron chi connectivity index (χ2n) is 4.93. The van der Waals surface area contributed by atoms with E-state index in [1.54, 1.807) is 18.2 Å². The zero-order valence-corrected chi connectivity index (χ0v) is 13.3. The van der Waals surface area contributed by atoms with Crippen molar-refractivity contribution in [1.82, 2.24) is 0 Å². The van der Waals surface area contributed by atoms with E-state index in [9.17, 15) is 4.79 Å². The lowest BCUT2D eigenvalue weighted by Crippen LogP contribution is -2.12. The van der Waals surface area contributed by atoms with Crippen molar-refractivity contribution < 1.29 is 4.79 Å². The van der Waals surface area contributed by atoms with Crippen LogP contribution in [0.1, 0.15) is 34.5 Å². The fraction of sp³-hybridized carbons (Fsp3) is 0.188. The molecule has 110 valence electrons. The van der Waals surface area contributed by atoms with Crippen LogP contribution < -0.4 is 11.1 Å². The summed E-state index contributed by atoms with van der Waals surface area (Å²) in [4.78, 5) is 11.2. The Labute approximate surface area is 134 Å². The van der Waals surface area contributed by atoms with E-state index in [-0.39, 0.29) is 6.04 Å². The highest BCUT2D eigenvalue weighted by Gasteiger charge is 2.12. The smallest absolute Gasteiger partial charge is 0.248 e. The zero-order chi connectivity index (χ0) is 15.6. The number of hydrogen-bond acceptors (Lipinski definition) is 2. The molecular weight excluding hydrogens is 307 g/mol. The Morgan fingerprint density at radius 2 is 1.90 bits per heavy atom. The van der Waals surface area contributed by atoms with E-state index < -0.39 is 5.91 Å². The minimum Gasteiger partial charge on any atom is -0.378 e. The number of nitrogens with one attached hydrogen (secondary N) is 1. The Kier molecular flexibility index (Phi) is 4.76. The molecule has 0 aliphatic rings. The van der Waals surface area contributed by atoms with Crippen LogP contribution in [0.2, 0.25) is 10.0 Å². The number of rotatable bonds is 4. The molecule has 1 atom stereocenters. The van der Waals surface area contributed by atoms with Crippen molar-refractivity contribution in [3.05, 3.63) is 63.1 Å². The first-order valence-electron chi connectivity index (χ1n) is 6.50. The Balaban J connectivity index is 2.23. The molecule has 1 unspecified atom stereocenters. The van der Waals surface area contributed by atoms with Gasteiger partial charge in [0.15, 0.2) is 0 Å². The average Bonchev–Trinajstić information content (AvgIpc) is 2.40. The minimum atomic E-state index is -0.432. The number of carbonyl (C=O) groups is 1. The maximum absolute atomic E-state index is 11.2. The number of benzene rings is 2. The number of carbonyl (C=O) groups excluding carboxylic acids is 1. The van der Waals surface area contributed by atoms with Gasteiger partial charge in [0.1, 0.15) is 0 Å². The van der Waals surface area contributed by atoms with Crippen molar-refractivity contribution >= 4 is 34.8 Å². The molecule has 0 radical (unpaired) electrons. The molecule has 0 aliphatic heterocycles. The van der Waals surface area contributed by atoms with Crippen molar-refractivity contribution in [3.63, 3.8) is 0 Å². The summed E-state index contributed by atoms with van der Waals surface area (Å²) in [5, 5.41) is 4.60. The molecule has 2 aromatic carbocycles. The van der Waals surface area contributed by atoms with Gasteiger partial charge in [-0.05, 0) is 55.3 Å². The molecule has 0 saturated heterocycles. The first-order chi connectivity index (χ1) is 9.88. The van der Waals surface area contributed by atoms with Crippen LogP contribution in [0.25, 0.3) is 0 Å². The largest absolute Gasteiger partial charge is 0.378 e. The molecule has 0 bridgehead atoms. The Hall–Kier alpha value is -1.71. The molecule has 2 aromatic rings. The molecule has 0 heterocycles. The quantitative estimate of drug-likeness (QED) is 0.866. The summed E-state index contributed by atoms with van der Waals surface area (Å²) in [7, 11) is 0. The molecule has 3 N–H and O–H groups in total. The molecule has 3 nitrogen and oxygen atoms in total. The molecule has 0 fully saturated rings. The van der Waals surface area contributed by atoms with E-state index in [0.29, 0.717) is 15.6 Å². The van der Waals surface area contributed by atoms with Crippen LogP contribution in [0, 0.1) is 6.92 Å².